The van der Waals surface area contributed by atoms with Crippen molar-refractivity contribution < 1.29 is 15.3 Å². The Hall–Kier alpha value is -3.21. The molecule has 5 nitrogen and oxygen atoms in total. The molecule has 0 saturated carbocycles. The van der Waals surface area contributed by atoms with Crippen molar-refractivity contribution in [2.75, 3.05) is 0 Å². The average Bonchev–Trinajstić information content (AvgIpc) is 2.50. The lowest BCUT2D eigenvalue weighted by molar-refractivity contribution is 0.453. The number of phenolic OH excluding ortho intramolecular Hbond substituents is 3. The van der Waals surface area contributed by atoms with Gasteiger partial charge < -0.3 is 19.9 Å². The van der Waals surface area contributed by atoms with Gasteiger partial charge in [-0.05, 0) is 25.1 Å². The zero-order valence-electron chi connectivity index (χ0n) is 13.4. The maximum atomic E-state index is 12.8. The lowest BCUT2D eigenvalue weighted by atomic mass is 10.0. The molecule has 0 aliphatic heterocycles. The first kappa shape index (κ1) is 15.7. The van der Waals surface area contributed by atoms with Crippen LogP contribution in [0.2, 0.25) is 0 Å². The summed E-state index contributed by atoms with van der Waals surface area (Å²) in [5.74, 6) is -0.519. The van der Waals surface area contributed by atoms with E-state index in [0.717, 1.165) is 11.6 Å². The van der Waals surface area contributed by atoms with Crippen molar-refractivity contribution in [2.24, 2.45) is 7.05 Å². The Morgan fingerprint density at radius 1 is 1.12 bits per heavy atom. The number of allylic oxidation sites excluding steroid dienone is 2. The number of para-hydroxylation sites is 1. The predicted molar refractivity (Wildman–Crippen MR) is 95.5 cm³/mol. The van der Waals surface area contributed by atoms with Crippen molar-refractivity contribution in [3.05, 3.63) is 58.3 Å². The van der Waals surface area contributed by atoms with E-state index in [4.69, 9.17) is 0 Å². The highest BCUT2D eigenvalue weighted by Crippen LogP contribution is 2.36. The third-order valence-electron chi connectivity index (χ3n) is 3.99. The first-order valence-electron chi connectivity index (χ1n) is 7.35. The molecule has 1 heterocycles. The van der Waals surface area contributed by atoms with E-state index in [1.165, 1.54) is 6.07 Å². The fraction of sp³-hybridized carbons (Fsp3) is 0.105. The number of phenols is 3. The molecule has 0 aliphatic carbocycles. The van der Waals surface area contributed by atoms with Gasteiger partial charge in [0.15, 0.2) is 0 Å². The Bertz CT molecular complexity index is 1090. The number of aromatic hydroxyl groups is 3. The van der Waals surface area contributed by atoms with Crippen molar-refractivity contribution in [2.45, 2.75) is 6.92 Å². The number of nitrogens with zero attached hydrogens (tertiary/aromatic N) is 1. The molecule has 0 aliphatic rings. The molecule has 122 valence electrons. The minimum atomic E-state index is -0.406. The molecule has 0 atom stereocenters. The van der Waals surface area contributed by atoms with Crippen molar-refractivity contribution in [3.63, 3.8) is 0 Å². The van der Waals surface area contributed by atoms with Gasteiger partial charge in [0, 0.05) is 18.7 Å². The Morgan fingerprint density at radius 2 is 1.83 bits per heavy atom. The smallest absolute Gasteiger partial charge is 0.201 e. The summed E-state index contributed by atoms with van der Waals surface area (Å²) < 4.78 is 1.60. The Labute approximate surface area is 138 Å². The zero-order chi connectivity index (χ0) is 17.6. The minimum absolute atomic E-state index is 0.0494. The molecule has 5 heteroatoms. The fourth-order valence-corrected chi connectivity index (χ4v) is 2.93. The first-order chi connectivity index (χ1) is 11.3. The van der Waals surface area contributed by atoms with Crippen LogP contribution in [0.1, 0.15) is 12.5 Å². The van der Waals surface area contributed by atoms with E-state index in [1.54, 1.807) is 42.8 Å². The van der Waals surface area contributed by atoms with Crippen molar-refractivity contribution in [1.82, 2.24) is 4.57 Å². The van der Waals surface area contributed by atoms with E-state index in [-0.39, 0.29) is 22.6 Å². The number of aryl methyl sites for hydroxylation is 1. The van der Waals surface area contributed by atoms with Crippen molar-refractivity contribution >= 4 is 27.9 Å². The van der Waals surface area contributed by atoms with Crippen LogP contribution in [-0.4, -0.2) is 19.9 Å². The fourth-order valence-electron chi connectivity index (χ4n) is 2.93. The highest BCUT2D eigenvalue weighted by atomic mass is 16.3. The third-order valence-corrected chi connectivity index (χ3v) is 3.99. The topological polar surface area (TPSA) is 82.7 Å². The number of rotatable bonds is 2. The number of pyridine rings is 1. The summed E-state index contributed by atoms with van der Waals surface area (Å²) in [4.78, 5) is 12.8. The number of hydrogen-bond donors (Lipinski definition) is 3. The summed E-state index contributed by atoms with van der Waals surface area (Å²) in [6.45, 7) is 5.58. The van der Waals surface area contributed by atoms with Gasteiger partial charge in [0.05, 0.1) is 21.8 Å². The monoisotopic (exact) mass is 323 g/mol. The number of hydrogen-bond acceptors (Lipinski definition) is 4. The normalized spacial score (nSPS) is 11.6. The van der Waals surface area contributed by atoms with Gasteiger partial charge >= 0.3 is 0 Å². The lowest BCUT2D eigenvalue weighted by Gasteiger charge is -2.15. The molecule has 0 radical (unpaired) electrons. The van der Waals surface area contributed by atoms with E-state index < -0.39 is 5.43 Å². The van der Waals surface area contributed by atoms with Crippen molar-refractivity contribution in [1.29, 1.82) is 0 Å². The zero-order valence-corrected chi connectivity index (χ0v) is 13.4. The summed E-state index contributed by atoms with van der Waals surface area (Å²) in [6.07, 6.45) is 3.33. The third kappa shape index (κ3) is 2.22. The van der Waals surface area contributed by atoms with E-state index in [9.17, 15) is 20.1 Å². The average molecular weight is 323 g/mol. The lowest BCUT2D eigenvalue weighted by Crippen LogP contribution is -2.10. The minimum Gasteiger partial charge on any atom is -0.507 e. The molecular weight excluding hydrogens is 306 g/mol. The van der Waals surface area contributed by atoms with Crippen LogP contribution in [0.25, 0.3) is 27.9 Å². The van der Waals surface area contributed by atoms with Crippen molar-refractivity contribution in [3.8, 4) is 17.2 Å². The number of fused-ring (bicyclic) bond motifs is 2. The van der Waals surface area contributed by atoms with Gasteiger partial charge in [-0.15, -0.1) is 0 Å². The van der Waals surface area contributed by atoms with Gasteiger partial charge in [0.25, 0.3) is 0 Å². The molecule has 0 saturated heterocycles. The predicted octanol–water partition coefficient (Wildman–Crippen LogP) is 3.40. The van der Waals surface area contributed by atoms with Gasteiger partial charge in [-0.1, -0.05) is 24.3 Å². The maximum absolute atomic E-state index is 12.8. The van der Waals surface area contributed by atoms with Crippen LogP contribution in [0.15, 0.2) is 47.3 Å². The molecule has 1 aromatic heterocycles. The molecule has 0 bridgehead atoms. The van der Waals surface area contributed by atoms with E-state index in [1.807, 2.05) is 0 Å². The van der Waals surface area contributed by atoms with E-state index in [0.29, 0.717) is 22.0 Å². The second-order valence-corrected chi connectivity index (χ2v) is 5.79. The Balaban J connectivity index is 2.64. The van der Waals surface area contributed by atoms with Crippen LogP contribution in [0.5, 0.6) is 17.2 Å². The van der Waals surface area contributed by atoms with Crippen LogP contribution >= 0.6 is 0 Å². The molecule has 3 N–H and O–H groups in total. The van der Waals surface area contributed by atoms with Crippen LogP contribution in [-0.2, 0) is 7.05 Å². The van der Waals surface area contributed by atoms with Crippen LogP contribution < -0.4 is 5.43 Å². The summed E-state index contributed by atoms with van der Waals surface area (Å²) in [5, 5.41) is 31.0. The number of benzene rings is 2. The SMILES string of the molecule is C=C(C)/C=C/c1c(O)cc(O)c2c(=O)c3cccc(O)c3n(C)c12. The molecule has 2 aromatic carbocycles. The van der Waals surface area contributed by atoms with E-state index >= 15 is 0 Å². The molecule has 0 fully saturated rings. The highest BCUT2D eigenvalue weighted by Gasteiger charge is 2.19. The van der Waals surface area contributed by atoms with Gasteiger partial charge in [-0.3, -0.25) is 4.79 Å². The summed E-state index contributed by atoms with van der Waals surface area (Å²) >= 11 is 0. The van der Waals surface area contributed by atoms with Gasteiger partial charge in [0.2, 0.25) is 5.43 Å². The van der Waals surface area contributed by atoms with E-state index in [2.05, 4.69) is 6.58 Å². The van der Waals surface area contributed by atoms with Gasteiger partial charge in [-0.2, -0.15) is 0 Å². The second-order valence-electron chi connectivity index (χ2n) is 5.79. The van der Waals surface area contributed by atoms with Crippen LogP contribution in [0.4, 0.5) is 0 Å². The standard InChI is InChI=1S/C19H17NO4/c1-10(2)7-8-11-14(22)9-15(23)16-18(11)20(3)17-12(19(16)24)5-4-6-13(17)21/h4-9,21-23H,1H2,2-3H3/b8-7+. The second kappa shape index (κ2) is 5.45. The summed E-state index contributed by atoms with van der Waals surface area (Å²) in [6, 6.07) is 5.80. The molecule has 0 amide bonds. The largest absolute Gasteiger partial charge is 0.507 e. The molecular formula is C19H17NO4. The number of aromatic nitrogens is 1. The molecule has 0 unspecified atom stereocenters. The molecule has 24 heavy (non-hydrogen) atoms. The Kier molecular flexibility index (Phi) is 3.56. The van der Waals surface area contributed by atoms with Gasteiger partial charge in [0.1, 0.15) is 17.2 Å². The molecule has 0 spiro atoms. The quantitative estimate of drug-likeness (QED) is 0.498. The first-order valence-corrected chi connectivity index (χ1v) is 7.35. The molecule has 3 rings (SSSR count). The van der Waals surface area contributed by atoms with Crippen LogP contribution in [0.3, 0.4) is 0 Å². The highest BCUT2D eigenvalue weighted by molar-refractivity contribution is 6.02. The van der Waals surface area contributed by atoms with Gasteiger partial charge in [-0.25, -0.2) is 0 Å². The summed E-state index contributed by atoms with van der Waals surface area (Å²) in [5.41, 5.74) is 1.41. The Morgan fingerprint density at radius 3 is 2.50 bits per heavy atom. The molecule has 3 aromatic rings. The van der Waals surface area contributed by atoms with Crippen LogP contribution in [0, 0.1) is 0 Å². The summed E-state index contributed by atoms with van der Waals surface area (Å²) in [7, 11) is 1.67. The maximum Gasteiger partial charge on any atom is 0.201 e.